The molecule has 25 heavy (non-hydrogen) atoms. The fourth-order valence-corrected chi connectivity index (χ4v) is 1.62. The first-order chi connectivity index (χ1) is 11.7. The van der Waals surface area contributed by atoms with Gasteiger partial charge < -0.3 is 18.9 Å². The average Bonchev–Trinajstić information content (AvgIpc) is 2.57. The van der Waals surface area contributed by atoms with Gasteiger partial charge in [0.05, 0.1) is 38.5 Å². The molecule has 0 aliphatic carbocycles. The van der Waals surface area contributed by atoms with Crippen molar-refractivity contribution in [2.45, 2.75) is 20.8 Å². The molecule has 0 saturated heterocycles. The van der Waals surface area contributed by atoms with Crippen LogP contribution in [0.15, 0.2) is 12.1 Å². The van der Waals surface area contributed by atoms with Gasteiger partial charge in [-0.05, 0) is 17.5 Å². The first-order valence-corrected chi connectivity index (χ1v) is 7.24. The largest absolute Gasteiger partial charge is 0.543 e. The lowest BCUT2D eigenvalue weighted by molar-refractivity contribution is -0.452. The highest BCUT2D eigenvalue weighted by Gasteiger charge is 2.20. The Morgan fingerprint density at radius 2 is 1.48 bits per heavy atom. The van der Waals surface area contributed by atoms with Crippen LogP contribution in [0.1, 0.15) is 31.1 Å². The van der Waals surface area contributed by atoms with E-state index in [-0.39, 0.29) is 29.1 Å². The lowest BCUT2D eigenvalue weighted by atomic mass is 9.99. The molecule has 1 aromatic rings. The Morgan fingerprint density at radius 1 is 0.920 bits per heavy atom. The number of hydrogen-bond donors (Lipinski definition) is 0. The van der Waals surface area contributed by atoms with Crippen LogP contribution in [0.25, 0.3) is 0 Å². The summed E-state index contributed by atoms with van der Waals surface area (Å²) in [4.78, 5) is 31.8. The van der Waals surface area contributed by atoms with Crippen molar-refractivity contribution in [2.24, 2.45) is 5.41 Å². The van der Waals surface area contributed by atoms with Gasteiger partial charge in [-0.3, -0.25) is 4.89 Å². The second-order valence-corrected chi connectivity index (χ2v) is 6.04. The number of carbonyl (C=O) groups excluding carboxylic acids is 2. The third-order valence-electron chi connectivity index (χ3n) is 2.74. The molecule has 0 N–H and O–H groups in total. The Morgan fingerprint density at radius 3 is 1.92 bits per heavy atom. The zero-order valence-electron chi connectivity index (χ0n) is 15.0. The van der Waals surface area contributed by atoms with E-state index in [1.165, 1.54) is 33.5 Å². The Bertz CT molecular complexity index is 579. The van der Waals surface area contributed by atoms with Gasteiger partial charge in [0.1, 0.15) is 0 Å². The van der Waals surface area contributed by atoms with Crippen LogP contribution in [0.2, 0.25) is 0 Å². The summed E-state index contributed by atoms with van der Waals surface area (Å²) in [6.07, 6.45) is -1.13. The molecule has 1 aromatic carbocycles. The van der Waals surface area contributed by atoms with Crippen LogP contribution in [0.5, 0.6) is 17.2 Å². The van der Waals surface area contributed by atoms with Crippen LogP contribution in [0, 0.1) is 5.41 Å². The summed E-state index contributed by atoms with van der Waals surface area (Å²) >= 11 is 0. The van der Waals surface area contributed by atoms with Gasteiger partial charge in [-0.2, -0.15) is 0 Å². The summed E-state index contributed by atoms with van der Waals surface area (Å²) in [6, 6.07) is 2.70. The maximum absolute atomic E-state index is 11.9. The third kappa shape index (κ3) is 6.38. The van der Waals surface area contributed by atoms with Gasteiger partial charge in [-0.15, -0.1) is 0 Å². The minimum Gasteiger partial charge on any atom is -0.493 e. The Hall–Kier alpha value is -2.68. The van der Waals surface area contributed by atoms with Crippen molar-refractivity contribution in [3.8, 4) is 17.2 Å². The Kier molecular flexibility index (Phi) is 7.31. The number of benzene rings is 1. The fourth-order valence-electron chi connectivity index (χ4n) is 1.62. The monoisotopic (exact) mass is 358 g/mol. The summed E-state index contributed by atoms with van der Waals surface area (Å²) in [5.74, 6) is -0.133. The highest BCUT2D eigenvalue weighted by Crippen LogP contribution is 2.38. The topological polar surface area (TPSA) is 98.8 Å². The van der Waals surface area contributed by atoms with E-state index < -0.39 is 12.1 Å². The predicted molar refractivity (Wildman–Crippen MR) is 84.5 cm³/mol. The summed E-state index contributed by atoms with van der Waals surface area (Å²) < 4.78 is 20.1. The Balaban J connectivity index is 2.64. The second-order valence-electron chi connectivity index (χ2n) is 6.04. The molecule has 1 rings (SSSR count). The standard InChI is InChI=1S/C16H22O9/c1-16(2,3)9-22-15(18)24-25-23-14(17)10-7-11(19-4)13(21-6)12(8-10)20-5/h7-8H,9H2,1-6H3. The predicted octanol–water partition coefficient (Wildman–Crippen LogP) is 2.92. The molecular weight excluding hydrogens is 336 g/mol. The SMILES string of the molecule is COc1cc(C(=O)OOOC(=O)OCC(C)(C)C)cc(OC)c1OC. The van der Waals surface area contributed by atoms with Crippen LogP contribution in [0.4, 0.5) is 4.79 Å². The van der Waals surface area contributed by atoms with E-state index >= 15 is 0 Å². The molecule has 0 unspecified atom stereocenters. The molecule has 9 nitrogen and oxygen atoms in total. The van der Waals surface area contributed by atoms with Gasteiger partial charge in [0, 0.05) is 0 Å². The molecule has 0 saturated carbocycles. The average molecular weight is 358 g/mol. The first-order valence-electron chi connectivity index (χ1n) is 7.24. The zero-order chi connectivity index (χ0) is 19.0. The van der Waals surface area contributed by atoms with Crippen molar-refractivity contribution in [3.05, 3.63) is 17.7 Å². The van der Waals surface area contributed by atoms with E-state index in [0.717, 1.165) is 0 Å². The van der Waals surface area contributed by atoms with Crippen molar-refractivity contribution in [2.75, 3.05) is 27.9 Å². The molecule has 0 spiro atoms. The minimum absolute atomic E-state index is 0.0289. The highest BCUT2D eigenvalue weighted by molar-refractivity contribution is 5.90. The lowest BCUT2D eigenvalue weighted by Crippen LogP contribution is -2.19. The summed E-state index contributed by atoms with van der Waals surface area (Å²) in [5.41, 5.74) is -0.215. The summed E-state index contributed by atoms with van der Waals surface area (Å²) in [6.45, 7) is 5.71. The molecule has 0 heterocycles. The summed E-state index contributed by atoms with van der Waals surface area (Å²) in [5, 5.41) is 4.14. The van der Waals surface area contributed by atoms with E-state index in [2.05, 4.69) is 14.8 Å². The summed E-state index contributed by atoms with van der Waals surface area (Å²) in [7, 11) is 4.23. The van der Waals surface area contributed by atoms with Gasteiger partial charge >= 0.3 is 12.1 Å². The van der Waals surface area contributed by atoms with Gasteiger partial charge in [0.25, 0.3) is 0 Å². The van der Waals surface area contributed by atoms with Crippen molar-refractivity contribution in [3.63, 3.8) is 0 Å². The molecule has 0 bridgehead atoms. The van der Waals surface area contributed by atoms with Gasteiger partial charge in [0.15, 0.2) is 11.5 Å². The van der Waals surface area contributed by atoms with Crippen LogP contribution < -0.4 is 14.2 Å². The number of rotatable bonds is 7. The van der Waals surface area contributed by atoms with E-state index in [1.807, 2.05) is 20.8 Å². The van der Waals surface area contributed by atoms with E-state index in [9.17, 15) is 9.59 Å². The lowest BCUT2D eigenvalue weighted by Gasteiger charge is -2.16. The molecule has 0 aliphatic rings. The molecule has 0 radical (unpaired) electrons. The second kappa shape index (κ2) is 8.97. The number of ether oxygens (including phenoxy) is 4. The molecule has 0 atom stereocenters. The molecule has 0 aromatic heterocycles. The van der Waals surface area contributed by atoms with Gasteiger partial charge in [-0.1, -0.05) is 20.8 Å². The van der Waals surface area contributed by atoms with Crippen LogP contribution in [0.3, 0.4) is 0 Å². The van der Waals surface area contributed by atoms with E-state index in [0.29, 0.717) is 5.75 Å². The minimum atomic E-state index is -1.13. The van der Waals surface area contributed by atoms with Crippen molar-refractivity contribution < 1.29 is 43.3 Å². The van der Waals surface area contributed by atoms with Crippen LogP contribution in [-0.4, -0.2) is 40.1 Å². The van der Waals surface area contributed by atoms with Gasteiger partial charge in [-0.25, -0.2) is 14.5 Å². The maximum atomic E-state index is 11.9. The molecule has 0 amide bonds. The fraction of sp³-hybridized carbons (Fsp3) is 0.500. The third-order valence-corrected chi connectivity index (χ3v) is 2.74. The normalized spacial score (nSPS) is 10.6. The number of carbonyl (C=O) groups is 2. The van der Waals surface area contributed by atoms with Gasteiger partial charge in [0.2, 0.25) is 5.75 Å². The number of hydrogen-bond acceptors (Lipinski definition) is 9. The molecule has 140 valence electrons. The Labute approximate surface area is 145 Å². The van der Waals surface area contributed by atoms with Crippen LogP contribution in [-0.2, 0) is 19.6 Å². The van der Waals surface area contributed by atoms with E-state index in [4.69, 9.17) is 18.9 Å². The van der Waals surface area contributed by atoms with Crippen molar-refractivity contribution in [1.29, 1.82) is 0 Å². The van der Waals surface area contributed by atoms with Crippen molar-refractivity contribution in [1.82, 2.24) is 0 Å². The quantitative estimate of drug-likeness (QED) is 0.414. The molecule has 0 aliphatic heterocycles. The highest BCUT2D eigenvalue weighted by atomic mass is 17.5. The van der Waals surface area contributed by atoms with E-state index in [1.54, 1.807) is 0 Å². The molecule has 9 heteroatoms. The van der Waals surface area contributed by atoms with Crippen LogP contribution >= 0.6 is 0 Å². The smallest absolute Gasteiger partial charge is 0.493 e. The first kappa shape index (κ1) is 20.4. The number of methoxy groups -OCH3 is 3. The molecular formula is C16H22O9. The zero-order valence-corrected chi connectivity index (χ0v) is 15.0. The molecule has 0 fully saturated rings. The maximum Gasteiger partial charge on any atom is 0.543 e. The van der Waals surface area contributed by atoms with Crippen molar-refractivity contribution >= 4 is 12.1 Å².